The number of benzene rings is 1. The van der Waals surface area contributed by atoms with Crippen molar-refractivity contribution in [2.24, 2.45) is 5.92 Å². The Kier molecular flexibility index (Phi) is 7.79. The molecule has 0 spiro atoms. The fourth-order valence-electron chi connectivity index (χ4n) is 2.28. The minimum atomic E-state index is -0.483. The molecule has 3 rings (SSSR count). The summed E-state index contributed by atoms with van der Waals surface area (Å²) >= 11 is 12.4. The van der Waals surface area contributed by atoms with Crippen LogP contribution in [0.4, 0.5) is 11.4 Å². The lowest BCUT2D eigenvalue weighted by Crippen LogP contribution is -2.29. The van der Waals surface area contributed by atoms with E-state index in [2.05, 4.69) is 25.9 Å². The normalized spacial score (nSPS) is 12.8. The van der Waals surface area contributed by atoms with Crippen LogP contribution in [0, 0.1) is 5.92 Å². The number of anilines is 2. The first-order valence-corrected chi connectivity index (χ1v) is 8.85. The van der Waals surface area contributed by atoms with Crippen LogP contribution in [0.25, 0.3) is 0 Å². The molecule has 0 saturated heterocycles. The van der Waals surface area contributed by atoms with Crippen molar-refractivity contribution in [3.05, 3.63) is 46.5 Å². The number of nitrogens with zero attached hydrogens (tertiary/aromatic N) is 2. The maximum atomic E-state index is 12.2. The van der Waals surface area contributed by atoms with Gasteiger partial charge in [-0.2, -0.15) is 0 Å². The van der Waals surface area contributed by atoms with Gasteiger partial charge in [-0.3, -0.25) is 14.6 Å². The number of hydrogen-bond acceptors (Lipinski definition) is 5. The minimum Gasteiger partial charge on any atom is -0.325 e. The molecule has 1 heterocycles. The number of nitrogens with one attached hydrogen (secondary N) is 3. The predicted octanol–water partition coefficient (Wildman–Crippen LogP) is 3.40. The van der Waals surface area contributed by atoms with Crippen LogP contribution < -0.4 is 16.0 Å². The standard InChI is InChI=1S/C17H17Cl2N5O2.ClH/c18-12-5-11(23-15(25)9-21-7-10-1-2-10)6-13(19)16(12)24-17(26)14-8-20-3-4-22-14;/h3-6,8,10,21H,1-2,7,9H2,(H,23,25)(H,24,26);1H. The SMILES string of the molecule is Cl.O=C(CNCC1CC1)Nc1cc(Cl)c(NC(=O)c2cnccn2)c(Cl)c1. The van der Waals surface area contributed by atoms with Gasteiger partial charge in [0.15, 0.2) is 0 Å². The molecule has 1 aliphatic rings. The predicted molar refractivity (Wildman–Crippen MR) is 108 cm³/mol. The van der Waals surface area contributed by atoms with E-state index in [1.54, 1.807) is 0 Å². The third kappa shape index (κ3) is 6.32. The maximum absolute atomic E-state index is 12.2. The Morgan fingerprint density at radius 2 is 1.81 bits per heavy atom. The summed E-state index contributed by atoms with van der Waals surface area (Å²) in [5.41, 5.74) is 0.836. The summed E-state index contributed by atoms with van der Waals surface area (Å²) < 4.78 is 0. The Morgan fingerprint density at radius 3 is 2.41 bits per heavy atom. The highest BCUT2D eigenvalue weighted by molar-refractivity contribution is 6.40. The van der Waals surface area contributed by atoms with E-state index in [4.69, 9.17) is 23.2 Å². The molecule has 0 bridgehead atoms. The number of aromatic nitrogens is 2. The number of halogens is 3. The summed E-state index contributed by atoms with van der Waals surface area (Å²) in [5.74, 6) is 0.0287. The molecule has 0 aliphatic heterocycles. The number of carbonyl (C=O) groups is 2. The van der Waals surface area contributed by atoms with Crippen LogP contribution in [0.15, 0.2) is 30.7 Å². The molecular formula is C17H18Cl3N5O2. The van der Waals surface area contributed by atoms with Gasteiger partial charge >= 0.3 is 0 Å². The number of carbonyl (C=O) groups excluding carboxylic acids is 2. The van der Waals surface area contributed by atoms with E-state index in [1.165, 1.54) is 43.6 Å². The second-order valence-corrected chi connectivity index (χ2v) is 6.80. The summed E-state index contributed by atoms with van der Waals surface area (Å²) in [6, 6.07) is 3.05. The van der Waals surface area contributed by atoms with E-state index < -0.39 is 5.91 Å². The van der Waals surface area contributed by atoms with Gasteiger partial charge in [-0.05, 0) is 37.4 Å². The highest BCUT2D eigenvalue weighted by atomic mass is 35.5. The molecule has 1 aromatic carbocycles. The van der Waals surface area contributed by atoms with Crippen LogP contribution in [0.5, 0.6) is 0 Å². The van der Waals surface area contributed by atoms with Crippen molar-refractivity contribution in [1.29, 1.82) is 0 Å². The molecule has 0 atom stereocenters. The number of amides is 2. The quantitative estimate of drug-likeness (QED) is 0.626. The van der Waals surface area contributed by atoms with Crippen LogP contribution >= 0.6 is 35.6 Å². The van der Waals surface area contributed by atoms with Crippen molar-refractivity contribution in [1.82, 2.24) is 15.3 Å². The van der Waals surface area contributed by atoms with Gasteiger partial charge in [0, 0.05) is 18.1 Å². The van der Waals surface area contributed by atoms with E-state index in [0.29, 0.717) is 11.6 Å². The average Bonchev–Trinajstić information content (AvgIpc) is 3.43. The van der Waals surface area contributed by atoms with Crippen LogP contribution in [0.3, 0.4) is 0 Å². The summed E-state index contributed by atoms with van der Waals surface area (Å²) in [5, 5.41) is 8.84. The minimum absolute atomic E-state index is 0. The van der Waals surface area contributed by atoms with E-state index in [-0.39, 0.29) is 46.3 Å². The molecule has 27 heavy (non-hydrogen) atoms. The first-order valence-electron chi connectivity index (χ1n) is 8.10. The van der Waals surface area contributed by atoms with Gasteiger partial charge in [0.25, 0.3) is 5.91 Å². The number of rotatable bonds is 7. The van der Waals surface area contributed by atoms with E-state index in [1.807, 2.05) is 0 Å². The van der Waals surface area contributed by atoms with Crippen molar-refractivity contribution in [3.8, 4) is 0 Å². The molecular weight excluding hydrogens is 413 g/mol. The van der Waals surface area contributed by atoms with Crippen molar-refractivity contribution in [2.45, 2.75) is 12.8 Å². The zero-order valence-corrected chi connectivity index (χ0v) is 16.5. The smallest absolute Gasteiger partial charge is 0.275 e. The van der Waals surface area contributed by atoms with Gasteiger partial charge in [0.05, 0.1) is 28.5 Å². The molecule has 0 radical (unpaired) electrons. The first kappa shape index (κ1) is 21.4. The van der Waals surface area contributed by atoms with Gasteiger partial charge < -0.3 is 16.0 Å². The topological polar surface area (TPSA) is 96.0 Å². The van der Waals surface area contributed by atoms with Crippen LogP contribution in [-0.4, -0.2) is 34.9 Å². The first-order chi connectivity index (χ1) is 12.5. The molecule has 1 aromatic heterocycles. The lowest BCUT2D eigenvalue weighted by atomic mass is 10.2. The molecule has 1 saturated carbocycles. The molecule has 7 nitrogen and oxygen atoms in total. The van der Waals surface area contributed by atoms with E-state index in [9.17, 15) is 9.59 Å². The van der Waals surface area contributed by atoms with Crippen molar-refractivity contribution in [2.75, 3.05) is 23.7 Å². The summed E-state index contributed by atoms with van der Waals surface area (Å²) in [6.45, 7) is 1.07. The molecule has 144 valence electrons. The lowest BCUT2D eigenvalue weighted by Gasteiger charge is -2.12. The number of hydrogen-bond donors (Lipinski definition) is 3. The summed E-state index contributed by atoms with van der Waals surface area (Å²) in [6.07, 6.45) is 6.66. The second kappa shape index (κ2) is 9.85. The average molecular weight is 431 g/mol. The highest BCUT2D eigenvalue weighted by Crippen LogP contribution is 2.34. The summed E-state index contributed by atoms with van der Waals surface area (Å²) in [4.78, 5) is 31.8. The van der Waals surface area contributed by atoms with E-state index in [0.717, 1.165) is 6.54 Å². The molecule has 3 N–H and O–H groups in total. The van der Waals surface area contributed by atoms with Crippen LogP contribution in [0.2, 0.25) is 10.0 Å². The molecule has 1 fully saturated rings. The maximum Gasteiger partial charge on any atom is 0.275 e. The van der Waals surface area contributed by atoms with E-state index >= 15 is 0 Å². The third-order valence-electron chi connectivity index (χ3n) is 3.78. The second-order valence-electron chi connectivity index (χ2n) is 5.98. The molecule has 10 heteroatoms. The molecule has 0 unspecified atom stereocenters. The van der Waals surface area contributed by atoms with Gasteiger partial charge in [0.1, 0.15) is 5.69 Å². The van der Waals surface area contributed by atoms with Crippen molar-refractivity contribution >= 4 is 58.8 Å². The van der Waals surface area contributed by atoms with Gasteiger partial charge in [0.2, 0.25) is 5.91 Å². The molecule has 1 aliphatic carbocycles. The monoisotopic (exact) mass is 429 g/mol. The zero-order valence-electron chi connectivity index (χ0n) is 14.2. The van der Waals surface area contributed by atoms with Gasteiger partial charge in [-0.1, -0.05) is 23.2 Å². The summed E-state index contributed by atoms with van der Waals surface area (Å²) in [7, 11) is 0. The highest BCUT2D eigenvalue weighted by Gasteiger charge is 2.20. The van der Waals surface area contributed by atoms with Crippen molar-refractivity contribution in [3.63, 3.8) is 0 Å². The van der Waals surface area contributed by atoms with Gasteiger partial charge in [-0.15, -0.1) is 12.4 Å². The Hall–Kier alpha value is -1.93. The third-order valence-corrected chi connectivity index (χ3v) is 4.37. The molecule has 2 amide bonds. The largest absolute Gasteiger partial charge is 0.325 e. The fourth-order valence-corrected chi connectivity index (χ4v) is 2.86. The van der Waals surface area contributed by atoms with Crippen LogP contribution in [-0.2, 0) is 4.79 Å². The fraction of sp³-hybridized carbons (Fsp3) is 0.294. The Morgan fingerprint density at radius 1 is 1.11 bits per heavy atom. The molecule has 2 aromatic rings. The van der Waals surface area contributed by atoms with Crippen molar-refractivity contribution < 1.29 is 9.59 Å². The lowest BCUT2D eigenvalue weighted by molar-refractivity contribution is -0.115. The Labute approximate surface area is 172 Å². The Balaban J connectivity index is 0.00000261. The van der Waals surface area contributed by atoms with Gasteiger partial charge in [-0.25, -0.2) is 4.98 Å². The van der Waals surface area contributed by atoms with Crippen LogP contribution in [0.1, 0.15) is 23.3 Å². The Bertz CT molecular complexity index is 792. The zero-order chi connectivity index (χ0) is 18.5.